The summed E-state index contributed by atoms with van der Waals surface area (Å²) in [5.74, 6) is 3.12. The zero-order chi connectivity index (χ0) is 15.5. The maximum atomic E-state index is 4.27. The number of aromatic amines is 1. The fourth-order valence-electron chi connectivity index (χ4n) is 4.29. The van der Waals surface area contributed by atoms with Crippen LogP contribution in [0.3, 0.4) is 0 Å². The van der Waals surface area contributed by atoms with Crippen molar-refractivity contribution in [3.63, 3.8) is 0 Å². The quantitative estimate of drug-likeness (QED) is 0.885. The van der Waals surface area contributed by atoms with Crippen molar-refractivity contribution < 1.29 is 0 Å². The van der Waals surface area contributed by atoms with Crippen LogP contribution in [-0.2, 0) is 6.54 Å². The first-order valence-electron chi connectivity index (χ1n) is 8.59. The number of fused-ring (bicyclic) bond motifs is 1. The molecule has 1 saturated carbocycles. The molecule has 1 aliphatic carbocycles. The predicted molar refractivity (Wildman–Crippen MR) is 88.7 cm³/mol. The van der Waals surface area contributed by atoms with Gasteiger partial charge in [-0.2, -0.15) is 0 Å². The maximum Gasteiger partial charge on any atom is 0.222 e. The minimum atomic E-state index is 0.726. The van der Waals surface area contributed by atoms with Crippen molar-refractivity contribution in [1.82, 2.24) is 24.8 Å². The summed E-state index contributed by atoms with van der Waals surface area (Å²) in [6.45, 7) is 4.41. The van der Waals surface area contributed by atoms with Gasteiger partial charge in [-0.1, -0.05) is 6.42 Å². The number of imidazole rings is 1. The van der Waals surface area contributed by atoms with Crippen LogP contribution in [-0.4, -0.2) is 44.5 Å². The van der Waals surface area contributed by atoms with E-state index < -0.39 is 0 Å². The lowest BCUT2D eigenvalue weighted by Gasteiger charge is -2.33. The van der Waals surface area contributed by atoms with Crippen LogP contribution in [0.4, 0.5) is 5.95 Å². The van der Waals surface area contributed by atoms with Crippen molar-refractivity contribution in [1.29, 1.82) is 0 Å². The van der Waals surface area contributed by atoms with E-state index in [9.17, 15) is 0 Å². The van der Waals surface area contributed by atoms with Crippen molar-refractivity contribution in [2.75, 3.05) is 25.0 Å². The molecule has 2 aromatic rings. The third-order valence-corrected chi connectivity index (χ3v) is 5.36. The second-order valence-corrected chi connectivity index (χ2v) is 6.84. The minimum absolute atomic E-state index is 0.726. The van der Waals surface area contributed by atoms with Crippen molar-refractivity contribution in [3.8, 4) is 0 Å². The van der Waals surface area contributed by atoms with Crippen LogP contribution >= 0.6 is 0 Å². The SMILES string of the molecule is c1cnc(NC[C@@H]2CCC[C@@H]3CN(Cc4cnc[nH]4)C[C@@H]32)nc1. The zero-order valence-electron chi connectivity index (χ0n) is 13.4. The number of aromatic nitrogens is 4. The molecular weight excluding hydrogens is 288 g/mol. The number of anilines is 1. The number of hydrogen-bond acceptors (Lipinski definition) is 5. The third-order valence-electron chi connectivity index (χ3n) is 5.36. The van der Waals surface area contributed by atoms with Gasteiger partial charge in [-0.3, -0.25) is 4.90 Å². The Hall–Kier alpha value is -1.95. The first kappa shape index (κ1) is 14.6. The zero-order valence-corrected chi connectivity index (χ0v) is 13.4. The van der Waals surface area contributed by atoms with Gasteiger partial charge in [0.05, 0.1) is 6.33 Å². The van der Waals surface area contributed by atoms with E-state index in [2.05, 4.69) is 30.2 Å². The number of nitrogens with zero attached hydrogens (tertiary/aromatic N) is 4. The second kappa shape index (κ2) is 6.66. The second-order valence-electron chi connectivity index (χ2n) is 6.84. The standard InChI is InChI=1S/C17H24N6/c1-3-13(7-21-17-19-5-2-6-20-17)16-11-23(9-14(16)4-1)10-15-8-18-12-22-15/h2,5-6,8,12-14,16H,1,3-4,7,9-11H2,(H,18,22)(H,19,20,21)/t13-,14+,16+/m0/s1. The Kier molecular flexibility index (Phi) is 4.24. The molecule has 0 unspecified atom stereocenters. The largest absolute Gasteiger partial charge is 0.354 e. The topological polar surface area (TPSA) is 69.7 Å². The summed E-state index contributed by atoms with van der Waals surface area (Å²) < 4.78 is 0. The molecule has 3 atom stereocenters. The molecule has 2 N–H and O–H groups in total. The van der Waals surface area contributed by atoms with Gasteiger partial charge in [0.2, 0.25) is 5.95 Å². The Morgan fingerprint density at radius 3 is 2.96 bits per heavy atom. The smallest absolute Gasteiger partial charge is 0.222 e. The molecule has 2 aromatic heterocycles. The average molecular weight is 312 g/mol. The van der Waals surface area contributed by atoms with Crippen molar-refractivity contribution in [3.05, 3.63) is 36.7 Å². The number of likely N-dealkylation sites (tertiary alicyclic amines) is 1. The van der Waals surface area contributed by atoms with Crippen molar-refractivity contribution >= 4 is 5.95 Å². The van der Waals surface area contributed by atoms with Gasteiger partial charge in [0.1, 0.15) is 0 Å². The van der Waals surface area contributed by atoms with Gasteiger partial charge in [-0.25, -0.2) is 15.0 Å². The van der Waals surface area contributed by atoms with E-state index in [4.69, 9.17) is 0 Å². The Labute approximate surface area is 136 Å². The van der Waals surface area contributed by atoms with Gasteiger partial charge >= 0.3 is 0 Å². The van der Waals surface area contributed by atoms with Gasteiger partial charge in [0.15, 0.2) is 0 Å². The molecule has 1 aliphatic heterocycles. The van der Waals surface area contributed by atoms with Crippen molar-refractivity contribution in [2.24, 2.45) is 17.8 Å². The first-order chi connectivity index (χ1) is 11.4. The molecular formula is C17H24N6. The molecule has 0 radical (unpaired) electrons. The molecule has 0 aromatic carbocycles. The Bertz CT molecular complexity index is 599. The van der Waals surface area contributed by atoms with E-state index in [1.165, 1.54) is 38.0 Å². The summed E-state index contributed by atoms with van der Waals surface area (Å²) in [5, 5.41) is 3.43. The summed E-state index contributed by atoms with van der Waals surface area (Å²) in [6.07, 6.45) is 11.3. The molecule has 6 nitrogen and oxygen atoms in total. The number of nitrogens with one attached hydrogen (secondary N) is 2. The van der Waals surface area contributed by atoms with E-state index in [0.29, 0.717) is 0 Å². The van der Waals surface area contributed by atoms with Crippen LogP contribution in [0.15, 0.2) is 31.0 Å². The average Bonchev–Trinajstić information content (AvgIpc) is 3.23. The van der Waals surface area contributed by atoms with Crippen LogP contribution in [0.25, 0.3) is 0 Å². The highest BCUT2D eigenvalue weighted by Gasteiger charge is 2.39. The first-order valence-corrected chi connectivity index (χ1v) is 8.59. The molecule has 2 aliphatic rings. The van der Waals surface area contributed by atoms with E-state index in [0.717, 1.165) is 36.8 Å². The molecule has 0 amide bonds. The lowest BCUT2D eigenvalue weighted by atomic mass is 9.74. The molecule has 2 fully saturated rings. The summed E-state index contributed by atoms with van der Waals surface area (Å²) in [4.78, 5) is 18.5. The predicted octanol–water partition coefficient (Wildman–Crippen LogP) is 2.16. The fraction of sp³-hybridized carbons (Fsp3) is 0.588. The highest BCUT2D eigenvalue weighted by atomic mass is 15.2. The maximum absolute atomic E-state index is 4.27. The molecule has 23 heavy (non-hydrogen) atoms. The lowest BCUT2D eigenvalue weighted by molar-refractivity contribution is 0.207. The highest BCUT2D eigenvalue weighted by molar-refractivity contribution is 5.22. The molecule has 6 heteroatoms. The summed E-state index contributed by atoms with van der Waals surface area (Å²) in [7, 11) is 0. The fourth-order valence-corrected chi connectivity index (χ4v) is 4.29. The molecule has 122 valence electrons. The Morgan fingerprint density at radius 2 is 2.13 bits per heavy atom. The number of hydrogen-bond donors (Lipinski definition) is 2. The molecule has 0 bridgehead atoms. The van der Waals surface area contributed by atoms with Gasteiger partial charge in [-0.15, -0.1) is 0 Å². The third kappa shape index (κ3) is 3.37. The van der Waals surface area contributed by atoms with Crippen molar-refractivity contribution in [2.45, 2.75) is 25.8 Å². The van der Waals surface area contributed by atoms with Crippen LogP contribution in [0.5, 0.6) is 0 Å². The summed E-state index contributed by atoms with van der Waals surface area (Å²) >= 11 is 0. The van der Waals surface area contributed by atoms with E-state index >= 15 is 0 Å². The highest BCUT2D eigenvalue weighted by Crippen LogP contribution is 2.40. The van der Waals surface area contributed by atoms with Crippen LogP contribution in [0.2, 0.25) is 0 Å². The van der Waals surface area contributed by atoms with Gasteiger partial charge in [0, 0.05) is 50.5 Å². The van der Waals surface area contributed by atoms with E-state index in [1.54, 1.807) is 18.7 Å². The molecule has 4 rings (SSSR count). The van der Waals surface area contributed by atoms with Gasteiger partial charge in [0.25, 0.3) is 0 Å². The Balaban J connectivity index is 1.35. The minimum Gasteiger partial charge on any atom is -0.354 e. The molecule has 0 spiro atoms. The van der Waals surface area contributed by atoms with Gasteiger partial charge in [-0.05, 0) is 36.7 Å². The number of H-pyrrole nitrogens is 1. The van der Waals surface area contributed by atoms with Crippen LogP contribution < -0.4 is 5.32 Å². The monoisotopic (exact) mass is 312 g/mol. The van der Waals surface area contributed by atoms with Gasteiger partial charge < -0.3 is 10.3 Å². The number of rotatable bonds is 5. The molecule has 1 saturated heterocycles. The van der Waals surface area contributed by atoms with Crippen LogP contribution in [0, 0.1) is 17.8 Å². The molecule has 3 heterocycles. The lowest BCUT2D eigenvalue weighted by Crippen LogP contribution is -2.32. The summed E-state index contributed by atoms with van der Waals surface area (Å²) in [6, 6.07) is 1.85. The van der Waals surface area contributed by atoms with Crippen LogP contribution in [0.1, 0.15) is 25.0 Å². The summed E-state index contributed by atoms with van der Waals surface area (Å²) in [5.41, 5.74) is 1.22. The Morgan fingerprint density at radius 1 is 1.22 bits per heavy atom. The normalized spacial score (nSPS) is 27.7. The van der Waals surface area contributed by atoms with E-state index in [1.807, 2.05) is 12.3 Å². The van der Waals surface area contributed by atoms with E-state index in [-0.39, 0.29) is 0 Å².